The van der Waals surface area contributed by atoms with Crippen molar-refractivity contribution in [2.45, 2.75) is 37.6 Å². The summed E-state index contributed by atoms with van der Waals surface area (Å²) in [5.41, 5.74) is 0.271. The average molecular weight is 284 g/mol. The van der Waals surface area contributed by atoms with E-state index < -0.39 is 35.6 Å². The molecule has 0 bridgehead atoms. The van der Waals surface area contributed by atoms with E-state index in [0.29, 0.717) is 5.69 Å². The third-order valence-electron chi connectivity index (χ3n) is 3.22. The first kappa shape index (κ1) is 14.7. The summed E-state index contributed by atoms with van der Waals surface area (Å²) >= 11 is 0. The molecule has 1 heterocycles. The Hall–Kier alpha value is -1.74. The predicted octanol–water partition coefficient (Wildman–Crippen LogP) is -0.166. The number of hydrogen-bond acceptors (Lipinski definition) is 7. The first-order valence-corrected chi connectivity index (χ1v) is 6.11. The first-order chi connectivity index (χ1) is 9.40. The monoisotopic (exact) mass is 284 g/mol. The second-order valence-electron chi connectivity index (χ2n) is 4.69. The Labute approximate surface area is 114 Å². The van der Waals surface area contributed by atoms with Gasteiger partial charge in [-0.25, -0.2) is 0 Å². The van der Waals surface area contributed by atoms with Gasteiger partial charge in [0.1, 0.15) is 18.3 Å². The van der Waals surface area contributed by atoms with Crippen molar-refractivity contribution in [3.63, 3.8) is 0 Å². The minimum absolute atomic E-state index is 0.103. The van der Waals surface area contributed by atoms with Crippen LogP contribution >= 0.6 is 0 Å². The number of rotatable bonds is 3. The van der Waals surface area contributed by atoms with E-state index in [2.05, 4.69) is 5.32 Å². The van der Waals surface area contributed by atoms with Gasteiger partial charge in [-0.05, 0) is 13.0 Å². The SMILES string of the molecule is C[C@@H]1O[C@@H](Nc2cccc([N+](=O)[O-])c2)[C@H](O)[C@H](O)[C@@H]1O. The minimum Gasteiger partial charge on any atom is -0.388 e. The second kappa shape index (κ2) is 5.71. The maximum absolute atomic E-state index is 10.7. The molecule has 1 aliphatic rings. The highest BCUT2D eigenvalue weighted by Gasteiger charge is 2.41. The Morgan fingerprint density at radius 3 is 2.60 bits per heavy atom. The van der Waals surface area contributed by atoms with Gasteiger partial charge in [0, 0.05) is 17.8 Å². The molecule has 0 amide bonds. The summed E-state index contributed by atoms with van der Waals surface area (Å²) in [4.78, 5) is 10.1. The van der Waals surface area contributed by atoms with Gasteiger partial charge in [0.25, 0.3) is 5.69 Å². The van der Waals surface area contributed by atoms with Crippen LogP contribution in [-0.2, 0) is 4.74 Å². The molecule has 0 aromatic heterocycles. The average Bonchev–Trinajstić information content (AvgIpc) is 2.42. The molecule has 0 unspecified atom stereocenters. The van der Waals surface area contributed by atoms with Crippen molar-refractivity contribution in [3.8, 4) is 0 Å². The van der Waals surface area contributed by atoms with Gasteiger partial charge < -0.3 is 25.4 Å². The Balaban J connectivity index is 2.13. The van der Waals surface area contributed by atoms with Crippen molar-refractivity contribution in [2.75, 3.05) is 5.32 Å². The maximum Gasteiger partial charge on any atom is 0.271 e. The lowest BCUT2D eigenvalue weighted by Gasteiger charge is -2.39. The molecule has 2 rings (SSSR count). The molecule has 0 saturated carbocycles. The Kier molecular flexibility index (Phi) is 4.19. The summed E-state index contributed by atoms with van der Waals surface area (Å²) in [6.07, 6.45) is -5.53. The largest absolute Gasteiger partial charge is 0.388 e. The molecule has 4 N–H and O–H groups in total. The normalized spacial score (nSPS) is 33.7. The Morgan fingerprint density at radius 1 is 1.25 bits per heavy atom. The van der Waals surface area contributed by atoms with Crippen LogP contribution in [0.5, 0.6) is 0 Å². The van der Waals surface area contributed by atoms with Crippen LogP contribution in [-0.4, -0.2) is 50.9 Å². The minimum atomic E-state index is -1.35. The molecule has 110 valence electrons. The van der Waals surface area contributed by atoms with Gasteiger partial charge in [0.15, 0.2) is 6.23 Å². The highest BCUT2D eigenvalue weighted by Crippen LogP contribution is 2.24. The van der Waals surface area contributed by atoms with Crippen molar-refractivity contribution in [1.29, 1.82) is 0 Å². The number of aliphatic hydroxyl groups is 3. The van der Waals surface area contributed by atoms with Crippen LogP contribution in [0.1, 0.15) is 6.92 Å². The molecule has 0 spiro atoms. The standard InChI is InChI=1S/C12H16N2O6/c1-6-9(15)10(16)11(17)12(20-6)13-7-3-2-4-8(5-7)14(18)19/h2-6,9-13,15-17H,1H3/t6-,9+,10+,11+,12+/m0/s1. The van der Waals surface area contributed by atoms with Crippen molar-refractivity contribution in [3.05, 3.63) is 34.4 Å². The van der Waals surface area contributed by atoms with Gasteiger partial charge >= 0.3 is 0 Å². The van der Waals surface area contributed by atoms with Gasteiger partial charge in [-0.3, -0.25) is 10.1 Å². The molecule has 1 aliphatic heterocycles. The summed E-state index contributed by atoms with van der Waals surface area (Å²) < 4.78 is 5.34. The highest BCUT2D eigenvalue weighted by atomic mass is 16.6. The van der Waals surface area contributed by atoms with Crippen molar-refractivity contribution in [2.24, 2.45) is 0 Å². The van der Waals surface area contributed by atoms with E-state index in [-0.39, 0.29) is 5.69 Å². The molecule has 20 heavy (non-hydrogen) atoms. The number of nitrogens with zero attached hydrogens (tertiary/aromatic N) is 1. The number of nitrogens with one attached hydrogen (secondary N) is 1. The molecule has 1 aromatic carbocycles. The van der Waals surface area contributed by atoms with Gasteiger partial charge in [0.05, 0.1) is 11.0 Å². The van der Waals surface area contributed by atoms with Gasteiger partial charge in [0.2, 0.25) is 0 Å². The predicted molar refractivity (Wildman–Crippen MR) is 69.1 cm³/mol. The molecule has 1 aromatic rings. The van der Waals surface area contributed by atoms with Crippen LogP contribution in [0.15, 0.2) is 24.3 Å². The summed E-state index contributed by atoms with van der Waals surface area (Å²) in [5, 5.41) is 42.5. The fourth-order valence-electron chi connectivity index (χ4n) is 2.04. The van der Waals surface area contributed by atoms with Crippen LogP contribution in [0.4, 0.5) is 11.4 Å². The van der Waals surface area contributed by atoms with Crippen molar-refractivity contribution < 1.29 is 25.0 Å². The number of nitro benzene ring substituents is 1. The van der Waals surface area contributed by atoms with E-state index >= 15 is 0 Å². The molecule has 0 radical (unpaired) electrons. The fraction of sp³-hybridized carbons (Fsp3) is 0.500. The topological polar surface area (TPSA) is 125 Å². The molecule has 1 fully saturated rings. The lowest BCUT2D eigenvalue weighted by molar-refractivity contribution is -0.384. The lowest BCUT2D eigenvalue weighted by Crippen LogP contribution is -2.58. The summed E-state index contributed by atoms with van der Waals surface area (Å²) in [7, 11) is 0. The second-order valence-corrected chi connectivity index (χ2v) is 4.69. The molecule has 8 heteroatoms. The fourth-order valence-corrected chi connectivity index (χ4v) is 2.04. The quantitative estimate of drug-likeness (QED) is 0.448. The molecule has 8 nitrogen and oxygen atoms in total. The van der Waals surface area contributed by atoms with Crippen LogP contribution in [0, 0.1) is 10.1 Å². The lowest BCUT2D eigenvalue weighted by atomic mass is 9.99. The number of benzene rings is 1. The number of anilines is 1. The number of hydrogen-bond donors (Lipinski definition) is 4. The zero-order chi connectivity index (χ0) is 14.9. The molecular formula is C12H16N2O6. The molecule has 1 saturated heterocycles. The number of ether oxygens (including phenoxy) is 1. The van der Waals surface area contributed by atoms with E-state index in [4.69, 9.17) is 4.74 Å². The number of non-ortho nitro benzene ring substituents is 1. The van der Waals surface area contributed by atoms with Crippen molar-refractivity contribution >= 4 is 11.4 Å². The van der Waals surface area contributed by atoms with E-state index in [9.17, 15) is 25.4 Å². The summed E-state index contributed by atoms with van der Waals surface area (Å²) in [6.45, 7) is 1.56. The third kappa shape index (κ3) is 2.88. The zero-order valence-electron chi connectivity index (χ0n) is 10.7. The van der Waals surface area contributed by atoms with Crippen LogP contribution in [0.2, 0.25) is 0 Å². The van der Waals surface area contributed by atoms with Crippen LogP contribution in [0.3, 0.4) is 0 Å². The van der Waals surface area contributed by atoms with Gasteiger partial charge in [-0.15, -0.1) is 0 Å². The van der Waals surface area contributed by atoms with Gasteiger partial charge in [-0.2, -0.15) is 0 Å². The van der Waals surface area contributed by atoms with Gasteiger partial charge in [-0.1, -0.05) is 6.07 Å². The Morgan fingerprint density at radius 2 is 1.95 bits per heavy atom. The van der Waals surface area contributed by atoms with E-state index in [1.807, 2.05) is 0 Å². The van der Waals surface area contributed by atoms with E-state index in [0.717, 1.165) is 0 Å². The molecule has 0 aliphatic carbocycles. The van der Waals surface area contributed by atoms with Crippen LogP contribution < -0.4 is 5.32 Å². The maximum atomic E-state index is 10.7. The van der Waals surface area contributed by atoms with E-state index in [1.54, 1.807) is 13.0 Å². The molecule has 5 atom stereocenters. The number of nitro groups is 1. The zero-order valence-corrected chi connectivity index (χ0v) is 10.7. The smallest absolute Gasteiger partial charge is 0.271 e. The third-order valence-corrected chi connectivity index (χ3v) is 3.22. The summed E-state index contributed by atoms with van der Waals surface area (Å²) in [6, 6.07) is 5.69. The van der Waals surface area contributed by atoms with E-state index in [1.165, 1.54) is 18.2 Å². The number of aliphatic hydroxyl groups excluding tert-OH is 3. The first-order valence-electron chi connectivity index (χ1n) is 6.11. The van der Waals surface area contributed by atoms with Crippen LogP contribution in [0.25, 0.3) is 0 Å². The van der Waals surface area contributed by atoms with Crippen molar-refractivity contribution in [1.82, 2.24) is 0 Å². The molecular weight excluding hydrogens is 268 g/mol. The highest BCUT2D eigenvalue weighted by molar-refractivity contribution is 5.51. The summed E-state index contributed by atoms with van der Waals surface area (Å²) in [5.74, 6) is 0. The Bertz CT molecular complexity index is 497.